The number of anilines is 5. The van der Waals surface area contributed by atoms with Crippen molar-refractivity contribution in [3.8, 4) is 22.3 Å². The van der Waals surface area contributed by atoms with Gasteiger partial charge in [0.25, 0.3) is 0 Å². The van der Waals surface area contributed by atoms with Crippen molar-refractivity contribution >= 4 is 71.9 Å². The van der Waals surface area contributed by atoms with E-state index in [0.29, 0.717) is 0 Å². The quantitative estimate of drug-likeness (QED) is 0.142. The zero-order chi connectivity index (χ0) is 48.1. The first-order chi connectivity index (χ1) is 34.7. The third kappa shape index (κ3) is 6.34. The number of para-hydroxylation sites is 2. The van der Waals surface area contributed by atoms with Crippen molar-refractivity contribution in [1.82, 2.24) is 4.98 Å². The highest BCUT2D eigenvalue weighted by atomic mass is 16.3. The molecule has 0 saturated heterocycles. The molecule has 0 fully saturated rings. The molecule has 1 atom stereocenters. The molecule has 9 aromatic carbocycles. The number of benzene rings is 9. The predicted molar refractivity (Wildman–Crippen MR) is 298 cm³/mol. The molecule has 4 nitrogen and oxygen atoms in total. The first-order valence-electron chi connectivity index (χ1n) is 24.6. The second-order valence-electron chi connectivity index (χ2n) is 19.6. The van der Waals surface area contributed by atoms with Crippen LogP contribution in [0.15, 0.2) is 234 Å². The first kappa shape index (κ1) is 42.4. The van der Waals surface area contributed by atoms with E-state index in [-0.39, 0.29) is 0 Å². The maximum atomic E-state index is 7.47. The average molecular weight is 914 g/mol. The van der Waals surface area contributed by atoms with Gasteiger partial charge in [-0.25, -0.2) is 0 Å². The lowest BCUT2D eigenvalue weighted by Gasteiger charge is -2.32. The Morgan fingerprint density at radius 2 is 1.20 bits per heavy atom. The molecule has 0 radical (unpaired) electrons. The molecule has 0 N–H and O–H groups in total. The van der Waals surface area contributed by atoms with E-state index >= 15 is 0 Å². The lowest BCUT2D eigenvalue weighted by Crippen LogP contribution is -2.27. The summed E-state index contributed by atoms with van der Waals surface area (Å²) in [6.45, 7) is 15.1. The van der Waals surface area contributed by atoms with Gasteiger partial charge in [-0.05, 0) is 197 Å². The Morgan fingerprint density at radius 1 is 0.563 bits per heavy atom. The molecule has 71 heavy (non-hydrogen) atoms. The Morgan fingerprint density at radius 3 is 1.87 bits per heavy atom. The van der Waals surface area contributed by atoms with Crippen molar-refractivity contribution < 1.29 is 4.42 Å². The van der Waals surface area contributed by atoms with Gasteiger partial charge in [-0.2, -0.15) is 0 Å². The van der Waals surface area contributed by atoms with Crippen LogP contribution in [0.4, 0.5) is 28.4 Å². The highest BCUT2D eigenvalue weighted by molar-refractivity contribution is 6.21. The van der Waals surface area contributed by atoms with Gasteiger partial charge < -0.3 is 14.2 Å². The normalized spacial score (nSPS) is 14.6. The molecule has 1 unspecified atom stereocenters. The minimum absolute atomic E-state index is 0.782. The van der Waals surface area contributed by atoms with Crippen molar-refractivity contribution in [2.75, 3.05) is 9.80 Å². The molecule has 0 saturated carbocycles. The van der Waals surface area contributed by atoms with Crippen molar-refractivity contribution in [3.63, 3.8) is 0 Å². The van der Waals surface area contributed by atoms with Gasteiger partial charge in [-0.1, -0.05) is 121 Å². The highest BCUT2D eigenvalue weighted by Crippen LogP contribution is 2.66. The fourth-order valence-electron chi connectivity index (χ4n) is 11.8. The van der Waals surface area contributed by atoms with Crippen LogP contribution in [0.3, 0.4) is 0 Å². The largest absolute Gasteiger partial charge is 0.454 e. The Hall–Kier alpha value is -8.73. The number of hydrogen-bond donors (Lipinski definition) is 0. The maximum Gasteiger partial charge on any atom is 0.160 e. The predicted octanol–water partition coefficient (Wildman–Crippen LogP) is 18.3. The lowest BCUT2D eigenvalue weighted by molar-refractivity contribution is 0.668. The van der Waals surface area contributed by atoms with Gasteiger partial charge in [0, 0.05) is 51.0 Å². The third-order valence-electron chi connectivity index (χ3n) is 14.9. The smallest absolute Gasteiger partial charge is 0.160 e. The summed E-state index contributed by atoms with van der Waals surface area (Å²) in [5, 5.41) is 6.89. The number of rotatable bonds is 8. The van der Waals surface area contributed by atoms with Crippen molar-refractivity contribution in [3.05, 3.63) is 263 Å². The third-order valence-corrected chi connectivity index (χ3v) is 14.9. The fraction of sp³-hybridized carbons (Fsp3) is 0.0896. The van der Waals surface area contributed by atoms with Crippen molar-refractivity contribution in [2.45, 2.75) is 40.0 Å². The molecule has 1 spiro atoms. The van der Waals surface area contributed by atoms with Gasteiger partial charge in [0.1, 0.15) is 5.58 Å². The van der Waals surface area contributed by atoms with E-state index in [9.17, 15) is 0 Å². The number of allylic oxidation sites excluding steroid dienone is 4. The molecule has 4 heteroatoms. The molecule has 340 valence electrons. The summed E-state index contributed by atoms with van der Waals surface area (Å²) in [5.41, 5.74) is 21.1. The molecule has 11 aromatic rings. The molecule has 0 bridgehead atoms. The Labute approximate surface area is 414 Å². The van der Waals surface area contributed by atoms with Crippen molar-refractivity contribution in [2.24, 2.45) is 0 Å². The molecule has 2 heterocycles. The van der Waals surface area contributed by atoms with E-state index in [1.54, 1.807) is 0 Å². The van der Waals surface area contributed by atoms with Crippen LogP contribution in [-0.2, 0) is 5.41 Å². The standard InChI is InChI=1S/C67H51N3O/c1-7-43(5)59(33-41(2)3)69(49-23-10-8-11-24-49)51-30-31-62-55(39-51)64-63-54-36-46-20-15-17-22-48(46)38-57(54)67(56-37-47-21-16-14-19-45(47)35-53(56)52-27-18-32-68-66(52)67)58(63)40-61(65(64)71-62)70(50-25-12-9-13-26-50)60-34-42(4)28-29-44(60)6/h7-40H,1H2,2-6H3/b59-43+. The molecule has 2 aliphatic rings. The van der Waals surface area contributed by atoms with E-state index < -0.39 is 5.41 Å². The summed E-state index contributed by atoms with van der Waals surface area (Å²) < 4.78 is 7.47. The van der Waals surface area contributed by atoms with Gasteiger partial charge in [0.05, 0.1) is 16.8 Å². The van der Waals surface area contributed by atoms with E-state index in [1.165, 1.54) is 66.1 Å². The topological polar surface area (TPSA) is 32.5 Å². The van der Waals surface area contributed by atoms with Gasteiger partial charge in [-0.3, -0.25) is 4.98 Å². The second-order valence-corrected chi connectivity index (χ2v) is 19.6. The Balaban J connectivity index is 1.24. The Bertz CT molecular complexity index is 4080. The summed E-state index contributed by atoms with van der Waals surface area (Å²) in [4.78, 5) is 10.3. The summed E-state index contributed by atoms with van der Waals surface area (Å²) in [5.74, 6) is 0. The molecule has 13 rings (SSSR count). The van der Waals surface area contributed by atoms with Crippen LogP contribution in [0.25, 0.3) is 65.7 Å². The van der Waals surface area contributed by atoms with Crippen molar-refractivity contribution in [1.29, 1.82) is 0 Å². The number of fused-ring (bicyclic) bond motifs is 16. The van der Waals surface area contributed by atoms with Crippen LogP contribution in [0, 0.1) is 13.8 Å². The number of aryl methyl sites for hydroxylation is 2. The van der Waals surface area contributed by atoms with Crippen LogP contribution >= 0.6 is 0 Å². The summed E-state index contributed by atoms with van der Waals surface area (Å²) in [6.07, 6.45) is 6.20. The summed E-state index contributed by atoms with van der Waals surface area (Å²) >= 11 is 0. The van der Waals surface area contributed by atoms with E-state index in [1.807, 2.05) is 12.3 Å². The highest BCUT2D eigenvalue weighted by Gasteiger charge is 2.54. The van der Waals surface area contributed by atoms with Crippen LogP contribution in [0.2, 0.25) is 0 Å². The van der Waals surface area contributed by atoms with E-state index in [4.69, 9.17) is 9.40 Å². The molecular weight excluding hydrogens is 863 g/mol. The van der Waals surface area contributed by atoms with Crippen LogP contribution in [0.5, 0.6) is 0 Å². The minimum atomic E-state index is -0.782. The minimum Gasteiger partial charge on any atom is -0.454 e. The molecule has 2 aromatic heterocycles. The number of aromatic nitrogens is 1. The number of furan rings is 1. The Kier molecular flexibility index (Phi) is 9.66. The molecular formula is C67H51N3O. The zero-order valence-electron chi connectivity index (χ0n) is 40.6. The van der Waals surface area contributed by atoms with Crippen LogP contribution < -0.4 is 9.80 Å². The zero-order valence-corrected chi connectivity index (χ0v) is 40.6. The van der Waals surface area contributed by atoms with E-state index in [2.05, 4.69) is 245 Å². The van der Waals surface area contributed by atoms with Crippen LogP contribution in [0.1, 0.15) is 54.3 Å². The van der Waals surface area contributed by atoms with Gasteiger partial charge in [0.2, 0.25) is 0 Å². The van der Waals surface area contributed by atoms with E-state index in [0.717, 1.165) is 78.5 Å². The average Bonchev–Trinajstić information content (AvgIpc) is 4.02. The van der Waals surface area contributed by atoms with Crippen LogP contribution in [-0.4, -0.2) is 4.98 Å². The fourth-order valence-corrected chi connectivity index (χ4v) is 11.8. The number of pyridine rings is 1. The number of nitrogens with zero attached hydrogens (tertiary/aromatic N) is 3. The SMILES string of the molecule is C=C/C(C)=C(\C=C(C)C)N(c1ccccc1)c1ccc2oc3c(N(c4ccccc4)c4cc(C)ccc4C)cc4c(c3c2c1)-c1cc2ccccc2cc1C41c2cc3ccccc3cc2-c2cccnc21. The van der Waals surface area contributed by atoms with Gasteiger partial charge in [-0.15, -0.1) is 0 Å². The van der Waals surface area contributed by atoms with Gasteiger partial charge in [0.15, 0.2) is 5.58 Å². The first-order valence-corrected chi connectivity index (χ1v) is 24.6. The molecule has 2 aliphatic carbocycles. The monoisotopic (exact) mass is 913 g/mol. The van der Waals surface area contributed by atoms with Gasteiger partial charge >= 0.3 is 0 Å². The molecule has 0 amide bonds. The number of hydrogen-bond acceptors (Lipinski definition) is 4. The second kappa shape index (κ2) is 16.2. The summed E-state index contributed by atoms with van der Waals surface area (Å²) in [7, 11) is 0. The lowest BCUT2D eigenvalue weighted by atomic mass is 9.71. The molecule has 0 aliphatic heterocycles. The maximum absolute atomic E-state index is 7.47. The summed E-state index contributed by atoms with van der Waals surface area (Å²) in [6, 6.07) is 69.0.